The van der Waals surface area contributed by atoms with E-state index in [2.05, 4.69) is 30.3 Å². The number of ether oxygens (including phenoxy) is 1. The molecule has 0 aliphatic rings. The molecule has 0 saturated carbocycles. The molecule has 0 fully saturated rings. The van der Waals surface area contributed by atoms with E-state index in [0.29, 0.717) is 0 Å². The van der Waals surface area contributed by atoms with Gasteiger partial charge in [0.15, 0.2) is 0 Å². The van der Waals surface area contributed by atoms with Gasteiger partial charge in [0.05, 0.1) is 0 Å². The Morgan fingerprint density at radius 3 is 2.29 bits per heavy atom. The van der Waals surface area contributed by atoms with Crippen LogP contribution >= 0.6 is 0 Å². The maximum atomic E-state index is 5.60. The van der Waals surface area contributed by atoms with Crippen molar-refractivity contribution in [3.8, 4) is 0 Å². The van der Waals surface area contributed by atoms with E-state index in [1.165, 1.54) is 24.8 Å². The SMILES string of the molecule is NCCCCCCOCCCc1ccccc1. The molecule has 0 saturated heterocycles. The van der Waals surface area contributed by atoms with E-state index in [4.69, 9.17) is 10.5 Å². The fourth-order valence-electron chi connectivity index (χ4n) is 1.83. The number of rotatable bonds is 10. The highest BCUT2D eigenvalue weighted by Crippen LogP contribution is 2.03. The molecule has 0 aromatic heterocycles. The summed E-state index contributed by atoms with van der Waals surface area (Å²) in [4.78, 5) is 0. The van der Waals surface area contributed by atoms with Crippen molar-refractivity contribution in [3.05, 3.63) is 35.9 Å². The third-order valence-corrected chi connectivity index (χ3v) is 2.84. The second-order valence-electron chi connectivity index (χ2n) is 4.40. The summed E-state index contributed by atoms with van der Waals surface area (Å²) in [5, 5.41) is 0. The second-order valence-corrected chi connectivity index (χ2v) is 4.40. The van der Waals surface area contributed by atoms with Crippen LogP contribution in [0.4, 0.5) is 0 Å². The molecule has 0 radical (unpaired) electrons. The van der Waals surface area contributed by atoms with E-state index in [1.54, 1.807) is 0 Å². The highest BCUT2D eigenvalue weighted by atomic mass is 16.5. The first-order valence-electron chi connectivity index (χ1n) is 6.75. The molecule has 2 heteroatoms. The quantitative estimate of drug-likeness (QED) is 0.632. The van der Waals surface area contributed by atoms with Gasteiger partial charge in [0.1, 0.15) is 0 Å². The van der Waals surface area contributed by atoms with Crippen LogP contribution in [0.15, 0.2) is 30.3 Å². The molecule has 1 aromatic carbocycles. The Labute approximate surface area is 105 Å². The third kappa shape index (κ3) is 7.94. The van der Waals surface area contributed by atoms with Gasteiger partial charge in [-0.2, -0.15) is 0 Å². The first-order chi connectivity index (χ1) is 8.43. The Morgan fingerprint density at radius 1 is 0.824 bits per heavy atom. The Bertz CT molecular complexity index is 261. The van der Waals surface area contributed by atoms with Gasteiger partial charge in [0.2, 0.25) is 0 Å². The first-order valence-corrected chi connectivity index (χ1v) is 6.75. The molecule has 0 unspecified atom stereocenters. The topological polar surface area (TPSA) is 35.2 Å². The van der Waals surface area contributed by atoms with Gasteiger partial charge in [0, 0.05) is 13.2 Å². The van der Waals surface area contributed by atoms with Crippen molar-refractivity contribution in [2.45, 2.75) is 38.5 Å². The van der Waals surface area contributed by atoms with Crippen LogP contribution in [0.25, 0.3) is 0 Å². The molecule has 0 spiro atoms. The van der Waals surface area contributed by atoms with Gasteiger partial charge in [-0.1, -0.05) is 43.2 Å². The number of aryl methyl sites for hydroxylation is 1. The molecule has 0 aliphatic carbocycles. The largest absolute Gasteiger partial charge is 0.381 e. The average molecular weight is 235 g/mol. The minimum atomic E-state index is 0.817. The average Bonchev–Trinajstić information content (AvgIpc) is 2.38. The molecule has 0 bridgehead atoms. The van der Waals surface area contributed by atoms with Gasteiger partial charge in [-0.05, 0) is 37.8 Å². The predicted octanol–water partition coefficient (Wildman–Crippen LogP) is 3.15. The summed E-state index contributed by atoms with van der Waals surface area (Å²) in [6.07, 6.45) is 7.04. The van der Waals surface area contributed by atoms with Crippen molar-refractivity contribution in [3.63, 3.8) is 0 Å². The van der Waals surface area contributed by atoms with E-state index in [9.17, 15) is 0 Å². The lowest BCUT2D eigenvalue weighted by molar-refractivity contribution is 0.128. The molecular formula is C15H25NO. The second kappa shape index (κ2) is 10.3. The number of benzene rings is 1. The van der Waals surface area contributed by atoms with Crippen LogP contribution in [0.5, 0.6) is 0 Å². The van der Waals surface area contributed by atoms with Crippen molar-refractivity contribution in [2.75, 3.05) is 19.8 Å². The van der Waals surface area contributed by atoms with E-state index < -0.39 is 0 Å². The highest BCUT2D eigenvalue weighted by molar-refractivity contribution is 5.14. The van der Waals surface area contributed by atoms with Crippen LogP contribution in [-0.4, -0.2) is 19.8 Å². The van der Waals surface area contributed by atoms with Gasteiger partial charge in [-0.25, -0.2) is 0 Å². The number of hydrogen-bond donors (Lipinski definition) is 1. The first kappa shape index (κ1) is 14.2. The lowest BCUT2D eigenvalue weighted by Gasteiger charge is -2.04. The molecular weight excluding hydrogens is 210 g/mol. The molecule has 2 nitrogen and oxygen atoms in total. The zero-order valence-corrected chi connectivity index (χ0v) is 10.7. The molecule has 96 valence electrons. The minimum absolute atomic E-state index is 0.817. The Balaban J connectivity index is 1.85. The van der Waals surface area contributed by atoms with E-state index in [0.717, 1.165) is 39.0 Å². The molecule has 0 heterocycles. The zero-order valence-electron chi connectivity index (χ0n) is 10.7. The molecule has 1 rings (SSSR count). The number of hydrogen-bond acceptors (Lipinski definition) is 2. The Morgan fingerprint density at radius 2 is 1.53 bits per heavy atom. The lowest BCUT2D eigenvalue weighted by atomic mass is 10.1. The molecule has 0 aliphatic heterocycles. The van der Waals surface area contributed by atoms with Gasteiger partial charge in [-0.3, -0.25) is 0 Å². The fraction of sp³-hybridized carbons (Fsp3) is 0.600. The summed E-state index contributed by atoms with van der Waals surface area (Å²) in [6.45, 7) is 2.60. The summed E-state index contributed by atoms with van der Waals surface area (Å²) >= 11 is 0. The Kier molecular flexibility index (Phi) is 8.61. The van der Waals surface area contributed by atoms with Crippen LogP contribution < -0.4 is 5.73 Å². The smallest absolute Gasteiger partial charge is 0.0469 e. The van der Waals surface area contributed by atoms with Gasteiger partial charge in [-0.15, -0.1) is 0 Å². The zero-order chi connectivity index (χ0) is 12.2. The highest BCUT2D eigenvalue weighted by Gasteiger charge is 1.93. The normalized spacial score (nSPS) is 10.6. The van der Waals surface area contributed by atoms with Crippen LogP contribution in [0.2, 0.25) is 0 Å². The van der Waals surface area contributed by atoms with Gasteiger partial charge < -0.3 is 10.5 Å². The van der Waals surface area contributed by atoms with Crippen LogP contribution in [0, 0.1) is 0 Å². The summed E-state index contributed by atoms with van der Waals surface area (Å²) in [5.41, 5.74) is 6.83. The van der Waals surface area contributed by atoms with E-state index >= 15 is 0 Å². The molecule has 17 heavy (non-hydrogen) atoms. The summed E-state index contributed by atoms with van der Waals surface area (Å²) in [7, 11) is 0. The van der Waals surface area contributed by atoms with Crippen molar-refractivity contribution < 1.29 is 4.74 Å². The third-order valence-electron chi connectivity index (χ3n) is 2.84. The van der Waals surface area contributed by atoms with Gasteiger partial charge in [0.25, 0.3) is 0 Å². The molecule has 1 aromatic rings. The lowest BCUT2D eigenvalue weighted by Crippen LogP contribution is -2.00. The van der Waals surface area contributed by atoms with E-state index in [-0.39, 0.29) is 0 Å². The predicted molar refractivity (Wildman–Crippen MR) is 73.1 cm³/mol. The van der Waals surface area contributed by atoms with Crippen molar-refractivity contribution in [2.24, 2.45) is 5.73 Å². The monoisotopic (exact) mass is 235 g/mol. The van der Waals surface area contributed by atoms with Crippen LogP contribution in [0.3, 0.4) is 0 Å². The van der Waals surface area contributed by atoms with Crippen molar-refractivity contribution in [1.82, 2.24) is 0 Å². The maximum absolute atomic E-state index is 5.60. The van der Waals surface area contributed by atoms with E-state index in [1.807, 2.05) is 0 Å². The van der Waals surface area contributed by atoms with Gasteiger partial charge >= 0.3 is 0 Å². The fourth-order valence-corrected chi connectivity index (χ4v) is 1.83. The van der Waals surface area contributed by atoms with Crippen molar-refractivity contribution >= 4 is 0 Å². The molecule has 2 N–H and O–H groups in total. The summed E-state index contributed by atoms with van der Waals surface area (Å²) < 4.78 is 5.60. The minimum Gasteiger partial charge on any atom is -0.381 e. The standard InChI is InChI=1S/C15H25NO/c16-12-6-1-2-7-13-17-14-8-11-15-9-4-3-5-10-15/h3-5,9-10H,1-2,6-8,11-14,16H2. The molecule has 0 atom stereocenters. The number of unbranched alkanes of at least 4 members (excludes halogenated alkanes) is 3. The van der Waals surface area contributed by atoms with Crippen LogP contribution in [0.1, 0.15) is 37.7 Å². The Hall–Kier alpha value is -0.860. The maximum Gasteiger partial charge on any atom is 0.0469 e. The summed E-state index contributed by atoms with van der Waals surface area (Å²) in [5.74, 6) is 0. The number of nitrogens with two attached hydrogens (primary N) is 1. The van der Waals surface area contributed by atoms with Crippen molar-refractivity contribution in [1.29, 1.82) is 0 Å². The summed E-state index contributed by atoms with van der Waals surface area (Å²) in [6, 6.07) is 10.6. The van der Waals surface area contributed by atoms with Crippen LogP contribution in [-0.2, 0) is 11.2 Å². The molecule has 0 amide bonds.